The van der Waals surface area contributed by atoms with Gasteiger partial charge in [0.05, 0.1) is 45.1 Å². The summed E-state index contributed by atoms with van der Waals surface area (Å²) in [5, 5.41) is 2.89. The first kappa shape index (κ1) is 18.5. The summed E-state index contributed by atoms with van der Waals surface area (Å²) in [4.78, 5) is 27.5. The van der Waals surface area contributed by atoms with Gasteiger partial charge in [0.2, 0.25) is 5.91 Å². The van der Waals surface area contributed by atoms with Gasteiger partial charge in [0.1, 0.15) is 6.26 Å². The minimum atomic E-state index is -0.121. The van der Waals surface area contributed by atoms with Gasteiger partial charge in [-0.3, -0.25) is 9.59 Å². The predicted molar refractivity (Wildman–Crippen MR) is 88.9 cm³/mol. The molecule has 0 unspecified atom stereocenters. The van der Waals surface area contributed by atoms with Crippen molar-refractivity contribution in [1.29, 1.82) is 0 Å². The molecule has 2 amide bonds. The molecule has 0 aliphatic carbocycles. The number of carbonyl (C=O) groups excluding carboxylic acids is 2. The normalized spacial score (nSPS) is 17.2. The number of quaternary nitrogens is 1. The van der Waals surface area contributed by atoms with Gasteiger partial charge in [-0.2, -0.15) is 0 Å². The molecule has 2 rings (SSSR count). The number of nitrogens with one attached hydrogen (secondary N) is 2. The van der Waals surface area contributed by atoms with E-state index in [1.165, 1.54) is 17.4 Å². The summed E-state index contributed by atoms with van der Waals surface area (Å²) in [6.07, 6.45) is 5.23. The highest BCUT2D eigenvalue weighted by Gasteiger charge is 2.24. The Morgan fingerprint density at radius 1 is 1.42 bits per heavy atom. The lowest BCUT2D eigenvalue weighted by atomic mass is 10.2. The molecule has 0 radical (unpaired) electrons. The highest BCUT2D eigenvalue weighted by molar-refractivity contribution is 5.94. The monoisotopic (exact) mass is 338 g/mol. The molecule has 2 N–H and O–H groups in total. The molecule has 24 heavy (non-hydrogen) atoms. The molecule has 1 aromatic heterocycles. The zero-order valence-electron chi connectivity index (χ0n) is 14.5. The molecule has 1 aromatic rings. The summed E-state index contributed by atoms with van der Waals surface area (Å²) in [7, 11) is 4.08. The fourth-order valence-electron chi connectivity index (χ4n) is 2.66. The molecular weight excluding hydrogens is 310 g/mol. The summed E-state index contributed by atoms with van der Waals surface area (Å²) in [6.45, 7) is 3.15. The van der Waals surface area contributed by atoms with E-state index < -0.39 is 0 Å². The van der Waals surface area contributed by atoms with Crippen LogP contribution in [-0.4, -0.2) is 69.7 Å². The third-order valence-electron chi connectivity index (χ3n) is 4.06. The third kappa shape index (κ3) is 5.98. The van der Waals surface area contributed by atoms with E-state index in [0.717, 1.165) is 26.0 Å². The Balaban J connectivity index is 1.85. The van der Waals surface area contributed by atoms with Crippen molar-refractivity contribution in [3.63, 3.8) is 0 Å². The van der Waals surface area contributed by atoms with Crippen LogP contribution in [0.15, 0.2) is 23.0 Å². The minimum absolute atomic E-state index is 0.0337. The Labute approximate surface area is 142 Å². The highest BCUT2D eigenvalue weighted by atomic mass is 16.5. The molecule has 0 aromatic carbocycles. The van der Waals surface area contributed by atoms with Crippen LogP contribution in [0.4, 0.5) is 0 Å². The topological polar surface area (TPSA) is 76.2 Å². The van der Waals surface area contributed by atoms with Gasteiger partial charge in [0.15, 0.2) is 0 Å². The van der Waals surface area contributed by atoms with Gasteiger partial charge in [-0.05, 0) is 18.9 Å². The van der Waals surface area contributed by atoms with E-state index in [-0.39, 0.29) is 17.9 Å². The SMILES string of the molecule is C[NH+](C)CCNC(=O)CCN(C[C@@H]1CCCO1)C(=O)c1ccoc1. The summed E-state index contributed by atoms with van der Waals surface area (Å²) < 4.78 is 10.6. The molecule has 1 aliphatic rings. The van der Waals surface area contributed by atoms with Crippen LogP contribution in [0.5, 0.6) is 0 Å². The molecule has 134 valence electrons. The maximum absolute atomic E-state index is 12.6. The Morgan fingerprint density at radius 3 is 2.88 bits per heavy atom. The molecule has 1 aliphatic heterocycles. The average Bonchev–Trinajstić information content (AvgIpc) is 3.23. The second kappa shape index (κ2) is 9.44. The smallest absolute Gasteiger partial charge is 0.257 e. The molecule has 7 heteroatoms. The van der Waals surface area contributed by atoms with Crippen molar-refractivity contribution in [1.82, 2.24) is 10.2 Å². The number of nitrogens with zero attached hydrogens (tertiary/aromatic N) is 1. The number of hydrogen-bond acceptors (Lipinski definition) is 4. The van der Waals surface area contributed by atoms with E-state index in [9.17, 15) is 9.59 Å². The summed E-state index contributed by atoms with van der Waals surface area (Å²) in [6, 6.07) is 1.64. The van der Waals surface area contributed by atoms with Crippen LogP contribution in [0.25, 0.3) is 0 Å². The molecule has 1 saturated heterocycles. The van der Waals surface area contributed by atoms with Crippen molar-refractivity contribution in [2.24, 2.45) is 0 Å². The molecule has 0 saturated carbocycles. The number of carbonyl (C=O) groups is 2. The first-order valence-corrected chi connectivity index (χ1v) is 8.55. The zero-order chi connectivity index (χ0) is 17.4. The van der Waals surface area contributed by atoms with Crippen molar-refractivity contribution < 1.29 is 23.6 Å². The lowest BCUT2D eigenvalue weighted by Crippen LogP contribution is -3.06. The zero-order valence-corrected chi connectivity index (χ0v) is 14.5. The molecule has 1 atom stereocenters. The van der Waals surface area contributed by atoms with Crippen molar-refractivity contribution in [2.45, 2.75) is 25.4 Å². The first-order chi connectivity index (χ1) is 11.6. The highest BCUT2D eigenvalue weighted by Crippen LogP contribution is 2.15. The van der Waals surface area contributed by atoms with Gasteiger partial charge < -0.3 is 24.3 Å². The standard InChI is InChI=1S/C17H27N3O4/c1-19(2)9-7-18-16(21)5-8-20(12-15-4-3-10-24-15)17(22)14-6-11-23-13-14/h6,11,13,15H,3-5,7-10,12H2,1-2H3,(H,18,21)/p+1/t15-/m0/s1. The van der Waals surface area contributed by atoms with E-state index >= 15 is 0 Å². The maximum Gasteiger partial charge on any atom is 0.257 e. The van der Waals surface area contributed by atoms with Crippen LogP contribution in [0, 0.1) is 0 Å². The lowest BCUT2D eigenvalue weighted by Gasteiger charge is -2.25. The molecule has 2 heterocycles. The molecule has 0 bridgehead atoms. The second-order valence-corrected chi connectivity index (χ2v) is 6.46. The fourth-order valence-corrected chi connectivity index (χ4v) is 2.66. The number of furan rings is 1. The van der Waals surface area contributed by atoms with Crippen molar-refractivity contribution in [2.75, 3.05) is 46.9 Å². The van der Waals surface area contributed by atoms with Gasteiger partial charge in [0, 0.05) is 26.1 Å². The van der Waals surface area contributed by atoms with Gasteiger partial charge in [-0.25, -0.2) is 0 Å². The Hall–Kier alpha value is -1.86. The van der Waals surface area contributed by atoms with Gasteiger partial charge >= 0.3 is 0 Å². The molecule has 0 spiro atoms. The predicted octanol–water partition coefficient (Wildman–Crippen LogP) is -0.448. The molecular formula is C17H28N3O4+. The Morgan fingerprint density at radius 2 is 2.25 bits per heavy atom. The van der Waals surface area contributed by atoms with Gasteiger partial charge in [-0.15, -0.1) is 0 Å². The Bertz CT molecular complexity index is 510. The fraction of sp³-hybridized carbons (Fsp3) is 0.647. The second-order valence-electron chi connectivity index (χ2n) is 6.46. The lowest BCUT2D eigenvalue weighted by molar-refractivity contribution is -0.856. The van der Waals surface area contributed by atoms with Crippen molar-refractivity contribution >= 4 is 11.8 Å². The van der Waals surface area contributed by atoms with Crippen molar-refractivity contribution in [3.05, 3.63) is 24.2 Å². The van der Waals surface area contributed by atoms with Crippen LogP contribution < -0.4 is 10.2 Å². The Kier molecular flexibility index (Phi) is 7.27. The van der Waals surface area contributed by atoms with E-state index in [1.807, 2.05) is 14.1 Å². The number of rotatable bonds is 9. The van der Waals surface area contributed by atoms with Crippen LogP contribution in [-0.2, 0) is 9.53 Å². The van der Waals surface area contributed by atoms with Gasteiger partial charge in [0.25, 0.3) is 5.91 Å². The minimum Gasteiger partial charge on any atom is -0.472 e. The van der Waals surface area contributed by atoms with Crippen LogP contribution >= 0.6 is 0 Å². The molecule has 7 nitrogen and oxygen atoms in total. The maximum atomic E-state index is 12.6. The van der Waals surface area contributed by atoms with Gasteiger partial charge in [-0.1, -0.05) is 0 Å². The average molecular weight is 338 g/mol. The largest absolute Gasteiger partial charge is 0.472 e. The number of amides is 2. The van der Waals surface area contributed by atoms with E-state index in [0.29, 0.717) is 31.6 Å². The number of hydrogen-bond donors (Lipinski definition) is 2. The van der Waals surface area contributed by atoms with Crippen LogP contribution in [0.1, 0.15) is 29.6 Å². The van der Waals surface area contributed by atoms with Crippen LogP contribution in [0.2, 0.25) is 0 Å². The number of likely N-dealkylation sites (N-methyl/N-ethyl adjacent to an activating group) is 1. The van der Waals surface area contributed by atoms with Crippen LogP contribution in [0.3, 0.4) is 0 Å². The number of ether oxygens (including phenoxy) is 1. The van der Waals surface area contributed by atoms with Crippen molar-refractivity contribution in [3.8, 4) is 0 Å². The summed E-state index contributed by atoms with van der Waals surface area (Å²) in [5.74, 6) is -0.154. The first-order valence-electron chi connectivity index (χ1n) is 8.55. The third-order valence-corrected chi connectivity index (χ3v) is 4.06. The van der Waals surface area contributed by atoms with E-state index in [4.69, 9.17) is 9.15 Å². The quantitative estimate of drug-likeness (QED) is 0.640. The summed E-state index contributed by atoms with van der Waals surface area (Å²) in [5.41, 5.74) is 0.504. The van der Waals surface area contributed by atoms with E-state index in [2.05, 4.69) is 5.32 Å². The summed E-state index contributed by atoms with van der Waals surface area (Å²) >= 11 is 0. The molecule has 1 fully saturated rings. The van der Waals surface area contributed by atoms with E-state index in [1.54, 1.807) is 11.0 Å².